The van der Waals surface area contributed by atoms with Gasteiger partial charge < -0.3 is 9.88 Å². The summed E-state index contributed by atoms with van der Waals surface area (Å²) in [4.78, 5) is 22.5. The van der Waals surface area contributed by atoms with Gasteiger partial charge in [-0.15, -0.1) is 0 Å². The molecular formula is C20H19N3O. The van der Waals surface area contributed by atoms with Gasteiger partial charge >= 0.3 is 0 Å². The molecule has 3 aromatic rings. The molecule has 0 radical (unpaired) electrons. The van der Waals surface area contributed by atoms with Crippen LogP contribution in [0.25, 0.3) is 11.0 Å². The van der Waals surface area contributed by atoms with Gasteiger partial charge in [-0.05, 0) is 42.2 Å². The lowest BCUT2D eigenvalue weighted by Gasteiger charge is -2.39. The maximum atomic E-state index is 13.0. The lowest BCUT2D eigenvalue weighted by atomic mass is 9.66. The van der Waals surface area contributed by atoms with Crippen LogP contribution < -0.4 is 4.90 Å². The summed E-state index contributed by atoms with van der Waals surface area (Å²) in [7, 11) is 0. The molecule has 1 aromatic carbocycles. The number of carbonyl (C=O) groups excluding carboxylic acids is 1. The van der Waals surface area contributed by atoms with Gasteiger partial charge in [-0.25, -0.2) is 4.98 Å². The molecule has 1 saturated carbocycles. The molecule has 4 heteroatoms. The Kier molecular flexibility index (Phi) is 2.84. The molecule has 1 aliphatic carbocycles. The summed E-state index contributed by atoms with van der Waals surface area (Å²) in [6.07, 6.45) is 7.76. The third-order valence-electron chi connectivity index (χ3n) is 5.72. The smallest absolute Gasteiger partial charge is 0.231 e. The average Bonchev–Trinajstić information content (AvgIpc) is 3.14. The zero-order valence-electron chi connectivity index (χ0n) is 13.5. The van der Waals surface area contributed by atoms with Gasteiger partial charge in [0.05, 0.1) is 6.42 Å². The second-order valence-electron chi connectivity index (χ2n) is 7.02. The number of benzene rings is 1. The summed E-state index contributed by atoms with van der Waals surface area (Å²) in [6, 6.07) is 12.4. The molecule has 1 fully saturated rings. The van der Waals surface area contributed by atoms with Crippen molar-refractivity contribution in [1.29, 1.82) is 0 Å². The monoisotopic (exact) mass is 317 g/mol. The van der Waals surface area contributed by atoms with E-state index in [0.29, 0.717) is 6.42 Å². The van der Waals surface area contributed by atoms with Gasteiger partial charge in [-0.3, -0.25) is 4.79 Å². The Hall–Kier alpha value is -2.62. The normalized spacial score (nSPS) is 17.9. The van der Waals surface area contributed by atoms with Crippen molar-refractivity contribution in [2.75, 3.05) is 11.4 Å². The van der Waals surface area contributed by atoms with Crippen molar-refractivity contribution >= 4 is 22.6 Å². The Bertz CT molecular complexity index is 939. The van der Waals surface area contributed by atoms with E-state index in [1.165, 1.54) is 24.8 Å². The molecule has 3 heterocycles. The van der Waals surface area contributed by atoms with Gasteiger partial charge in [-0.1, -0.05) is 24.6 Å². The first kappa shape index (κ1) is 13.8. The third-order valence-corrected chi connectivity index (χ3v) is 5.72. The highest BCUT2D eigenvalue weighted by Gasteiger charge is 2.48. The van der Waals surface area contributed by atoms with Crippen LogP contribution in [0.2, 0.25) is 0 Å². The Labute approximate surface area is 140 Å². The highest BCUT2D eigenvalue weighted by molar-refractivity contribution is 5.99. The number of aromatic amines is 1. The third kappa shape index (κ3) is 1.86. The number of pyridine rings is 1. The van der Waals surface area contributed by atoms with E-state index in [0.717, 1.165) is 28.8 Å². The summed E-state index contributed by atoms with van der Waals surface area (Å²) in [6.45, 7) is 0.839. The second kappa shape index (κ2) is 4.94. The van der Waals surface area contributed by atoms with E-state index in [9.17, 15) is 4.79 Å². The van der Waals surface area contributed by atoms with Gasteiger partial charge in [-0.2, -0.15) is 0 Å². The molecule has 24 heavy (non-hydrogen) atoms. The van der Waals surface area contributed by atoms with Crippen molar-refractivity contribution < 1.29 is 4.79 Å². The topological polar surface area (TPSA) is 49.0 Å². The highest BCUT2D eigenvalue weighted by Crippen LogP contribution is 2.52. The molecular weight excluding hydrogens is 298 g/mol. The summed E-state index contributed by atoms with van der Waals surface area (Å²) in [5, 5.41) is 1.04. The predicted octanol–water partition coefficient (Wildman–Crippen LogP) is 3.57. The van der Waals surface area contributed by atoms with E-state index in [4.69, 9.17) is 0 Å². The standard InChI is InChI=1S/C20H19N3O/c24-18(11-14-12-22-19-15(14)5-3-10-21-19)23-13-20(8-4-9-20)16-6-1-2-7-17(16)23/h1-3,5-7,10,12H,4,8-9,11,13H2,(H,21,22). The van der Waals surface area contributed by atoms with Crippen molar-refractivity contribution in [3.8, 4) is 0 Å². The lowest BCUT2D eigenvalue weighted by molar-refractivity contribution is -0.118. The number of hydrogen-bond acceptors (Lipinski definition) is 2. The molecule has 2 aliphatic rings. The number of aromatic nitrogens is 2. The van der Waals surface area contributed by atoms with E-state index in [-0.39, 0.29) is 11.3 Å². The maximum Gasteiger partial charge on any atom is 0.231 e. The minimum Gasteiger partial charge on any atom is -0.346 e. The summed E-state index contributed by atoms with van der Waals surface area (Å²) in [5.74, 6) is 0.177. The molecule has 5 rings (SSSR count). The first-order valence-corrected chi connectivity index (χ1v) is 8.58. The quantitative estimate of drug-likeness (QED) is 0.785. The minimum absolute atomic E-state index is 0.177. The van der Waals surface area contributed by atoms with Crippen LogP contribution in [0.1, 0.15) is 30.4 Å². The largest absolute Gasteiger partial charge is 0.346 e. The van der Waals surface area contributed by atoms with Crippen LogP contribution in [-0.4, -0.2) is 22.4 Å². The van der Waals surface area contributed by atoms with Crippen LogP contribution in [0.3, 0.4) is 0 Å². The van der Waals surface area contributed by atoms with Crippen LogP contribution in [-0.2, 0) is 16.6 Å². The Balaban J connectivity index is 1.48. The minimum atomic E-state index is 0.177. The fraction of sp³-hybridized carbons (Fsp3) is 0.300. The van der Waals surface area contributed by atoms with Gasteiger partial charge in [0.25, 0.3) is 0 Å². The molecule has 0 unspecified atom stereocenters. The molecule has 0 atom stereocenters. The summed E-state index contributed by atoms with van der Waals surface area (Å²) < 4.78 is 0. The fourth-order valence-electron chi connectivity index (χ4n) is 4.30. The molecule has 2 aromatic heterocycles. The van der Waals surface area contributed by atoms with E-state index < -0.39 is 0 Å². The van der Waals surface area contributed by atoms with Crippen LogP contribution in [0.4, 0.5) is 5.69 Å². The molecule has 1 amide bonds. The fourth-order valence-corrected chi connectivity index (χ4v) is 4.30. The first-order valence-electron chi connectivity index (χ1n) is 8.58. The van der Waals surface area contributed by atoms with Crippen molar-refractivity contribution in [3.63, 3.8) is 0 Å². The first-order chi connectivity index (χ1) is 11.8. The van der Waals surface area contributed by atoms with Crippen LogP contribution in [0, 0.1) is 0 Å². The summed E-state index contributed by atoms with van der Waals surface area (Å²) >= 11 is 0. The highest BCUT2D eigenvalue weighted by atomic mass is 16.2. The molecule has 1 aliphatic heterocycles. The van der Waals surface area contributed by atoms with E-state index >= 15 is 0 Å². The van der Waals surface area contributed by atoms with Crippen molar-refractivity contribution in [2.45, 2.75) is 31.1 Å². The van der Waals surface area contributed by atoms with Crippen LogP contribution >= 0.6 is 0 Å². The molecule has 0 saturated heterocycles. The zero-order valence-corrected chi connectivity index (χ0v) is 13.5. The number of para-hydroxylation sites is 1. The Morgan fingerprint density at radius 2 is 2.08 bits per heavy atom. The lowest BCUT2D eigenvalue weighted by Crippen LogP contribution is -2.41. The molecule has 120 valence electrons. The zero-order chi connectivity index (χ0) is 16.1. The Morgan fingerprint density at radius 1 is 1.21 bits per heavy atom. The summed E-state index contributed by atoms with van der Waals surface area (Å²) in [5.41, 5.74) is 4.56. The number of hydrogen-bond donors (Lipinski definition) is 1. The molecule has 1 spiro atoms. The predicted molar refractivity (Wildman–Crippen MR) is 94.1 cm³/mol. The number of rotatable bonds is 2. The Morgan fingerprint density at radius 3 is 2.92 bits per heavy atom. The number of carbonyl (C=O) groups is 1. The number of amides is 1. The van der Waals surface area contributed by atoms with E-state index in [1.807, 2.05) is 29.3 Å². The van der Waals surface area contributed by atoms with Crippen molar-refractivity contribution in [3.05, 3.63) is 59.9 Å². The van der Waals surface area contributed by atoms with Gasteiger partial charge in [0.2, 0.25) is 5.91 Å². The van der Waals surface area contributed by atoms with E-state index in [1.54, 1.807) is 6.20 Å². The van der Waals surface area contributed by atoms with Crippen LogP contribution in [0.15, 0.2) is 48.8 Å². The second-order valence-corrected chi connectivity index (χ2v) is 7.02. The molecule has 0 bridgehead atoms. The van der Waals surface area contributed by atoms with Gasteiger partial charge in [0.1, 0.15) is 5.65 Å². The van der Waals surface area contributed by atoms with E-state index in [2.05, 4.69) is 28.2 Å². The van der Waals surface area contributed by atoms with Crippen molar-refractivity contribution in [1.82, 2.24) is 9.97 Å². The average molecular weight is 317 g/mol. The van der Waals surface area contributed by atoms with Crippen LogP contribution in [0.5, 0.6) is 0 Å². The molecule has 1 N–H and O–H groups in total. The number of anilines is 1. The number of H-pyrrole nitrogens is 1. The number of nitrogens with zero attached hydrogens (tertiary/aromatic N) is 2. The SMILES string of the molecule is O=C(Cc1c[nH]c2ncccc12)N1CC2(CCC2)c2ccccc21. The van der Waals surface area contributed by atoms with Gasteiger partial charge in [0.15, 0.2) is 0 Å². The molecule has 4 nitrogen and oxygen atoms in total. The van der Waals surface area contributed by atoms with Gasteiger partial charge in [0, 0.05) is 35.4 Å². The number of fused-ring (bicyclic) bond motifs is 3. The number of nitrogens with one attached hydrogen (secondary N) is 1. The van der Waals surface area contributed by atoms with Crippen molar-refractivity contribution in [2.24, 2.45) is 0 Å². The maximum absolute atomic E-state index is 13.0.